The van der Waals surface area contributed by atoms with Crippen LogP contribution in [0.1, 0.15) is 35.5 Å². The maximum Gasteiger partial charge on any atom is 0.126 e. The van der Waals surface area contributed by atoms with Gasteiger partial charge in [0, 0.05) is 24.0 Å². The molecule has 102 valence electrons. The first kappa shape index (κ1) is 14.2. The molecule has 0 saturated carbocycles. The Morgan fingerprint density at radius 2 is 2.26 bits per heavy atom. The van der Waals surface area contributed by atoms with Crippen LogP contribution in [0.15, 0.2) is 29.8 Å². The van der Waals surface area contributed by atoms with Crippen LogP contribution in [0.25, 0.3) is 0 Å². The van der Waals surface area contributed by atoms with Crippen molar-refractivity contribution in [2.45, 2.75) is 32.7 Å². The first-order valence-corrected chi connectivity index (χ1v) is 7.46. The van der Waals surface area contributed by atoms with Gasteiger partial charge in [-0.15, -0.1) is 11.3 Å². The third kappa shape index (κ3) is 3.85. The number of nitrogens with one attached hydrogen (secondary N) is 1. The number of halogens is 1. The lowest BCUT2D eigenvalue weighted by Gasteiger charge is -2.18. The molecule has 4 heteroatoms. The van der Waals surface area contributed by atoms with E-state index >= 15 is 0 Å². The van der Waals surface area contributed by atoms with Crippen molar-refractivity contribution in [3.05, 3.63) is 51.7 Å². The Morgan fingerprint density at radius 1 is 1.42 bits per heavy atom. The fraction of sp³-hybridized carbons (Fsp3) is 0.400. The topological polar surface area (TPSA) is 24.9 Å². The molecule has 1 heterocycles. The van der Waals surface area contributed by atoms with E-state index in [1.807, 2.05) is 23.7 Å². The Kier molecular flexibility index (Phi) is 5.05. The van der Waals surface area contributed by atoms with Crippen LogP contribution in [0.2, 0.25) is 0 Å². The summed E-state index contributed by atoms with van der Waals surface area (Å²) in [5.74, 6) is -0.146. The van der Waals surface area contributed by atoms with Gasteiger partial charge in [-0.05, 0) is 37.1 Å². The summed E-state index contributed by atoms with van der Waals surface area (Å²) in [6, 6.07) is 5.54. The molecule has 2 aromatic rings. The third-order valence-electron chi connectivity index (χ3n) is 3.09. The number of hydrogen-bond donors (Lipinski definition) is 1. The highest BCUT2D eigenvalue weighted by atomic mass is 32.1. The lowest BCUT2D eigenvalue weighted by Crippen LogP contribution is -2.24. The predicted octanol–water partition coefficient (Wildman–Crippen LogP) is 3.87. The highest BCUT2D eigenvalue weighted by Gasteiger charge is 2.14. The lowest BCUT2D eigenvalue weighted by molar-refractivity contribution is 0.526. The zero-order chi connectivity index (χ0) is 13.7. The number of benzene rings is 1. The average molecular weight is 278 g/mol. The first-order chi connectivity index (χ1) is 9.20. The fourth-order valence-corrected chi connectivity index (χ4v) is 2.70. The van der Waals surface area contributed by atoms with E-state index < -0.39 is 0 Å². The van der Waals surface area contributed by atoms with Gasteiger partial charge >= 0.3 is 0 Å². The Balaban J connectivity index is 2.18. The van der Waals surface area contributed by atoms with Gasteiger partial charge in [0.2, 0.25) is 0 Å². The number of thiazole rings is 1. The van der Waals surface area contributed by atoms with Crippen molar-refractivity contribution >= 4 is 11.3 Å². The van der Waals surface area contributed by atoms with Crippen LogP contribution in [0, 0.1) is 12.7 Å². The minimum Gasteiger partial charge on any atom is -0.310 e. The third-order valence-corrected chi connectivity index (χ3v) is 3.89. The molecule has 1 aromatic carbocycles. The highest BCUT2D eigenvalue weighted by Crippen LogP contribution is 2.21. The van der Waals surface area contributed by atoms with Crippen LogP contribution in [0.3, 0.4) is 0 Å². The van der Waals surface area contributed by atoms with Crippen LogP contribution in [-0.4, -0.2) is 11.5 Å². The highest BCUT2D eigenvalue weighted by molar-refractivity contribution is 7.09. The van der Waals surface area contributed by atoms with Crippen molar-refractivity contribution in [2.24, 2.45) is 0 Å². The molecule has 1 aromatic heterocycles. The molecule has 0 spiro atoms. The van der Waals surface area contributed by atoms with Gasteiger partial charge in [0.25, 0.3) is 0 Å². The van der Waals surface area contributed by atoms with Gasteiger partial charge in [-0.1, -0.05) is 19.1 Å². The summed E-state index contributed by atoms with van der Waals surface area (Å²) in [4.78, 5) is 4.33. The van der Waals surface area contributed by atoms with Gasteiger partial charge in [-0.2, -0.15) is 0 Å². The van der Waals surface area contributed by atoms with E-state index in [0.717, 1.165) is 30.0 Å². The van der Waals surface area contributed by atoms with Crippen LogP contribution in [0.5, 0.6) is 0 Å². The van der Waals surface area contributed by atoms with Crippen molar-refractivity contribution in [3.8, 4) is 0 Å². The summed E-state index contributed by atoms with van der Waals surface area (Å²) in [5, 5.41) is 6.61. The van der Waals surface area contributed by atoms with Gasteiger partial charge < -0.3 is 5.32 Å². The van der Waals surface area contributed by atoms with Crippen LogP contribution in [0.4, 0.5) is 4.39 Å². The fourth-order valence-electron chi connectivity index (χ4n) is 2.04. The molecule has 19 heavy (non-hydrogen) atoms. The monoisotopic (exact) mass is 278 g/mol. The quantitative estimate of drug-likeness (QED) is 0.867. The molecule has 1 atom stereocenters. The van der Waals surface area contributed by atoms with E-state index in [2.05, 4.69) is 17.2 Å². The predicted molar refractivity (Wildman–Crippen MR) is 78.0 cm³/mol. The van der Waals surface area contributed by atoms with Crippen molar-refractivity contribution in [3.63, 3.8) is 0 Å². The molecule has 0 aliphatic carbocycles. The van der Waals surface area contributed by atoms with E-state index in [-0.39, 0.29) is 11.9 Å². The molecule has 0 aliphatic rings. The zero-order valence-electron chi connectivity index (χ0n) is 11.3. The molecule has 1 N–H and O–H groups in total. The lowest BCUT2D eigenvalue weighted by atomic mass is 10.0. The SMILES string of the molecule is CCCNC(Cc1nccs1)c1ccc(F)c(C)c1. The second-order valence-corrected chi connectivity index (χ2v) is 5.62. The van der Waals surface area contributed by atoms with E-state index in [1.54, 1.807) is 24.3 Å². The number of nitrogens with zero attached hydrogens (tertiary/aromatic N) is 1. The van der Waals surface area contributed by atoms with Crippen molar-refractivity contribution in [1.29, 1.82) is 0 Å². The summed E-state index contributed by atoms with van der Waals surface area (Å²) in [7, 11) is 0. The number of aromatic nitrogens is 1. The van der Waals surface area contributed by atoms with Crippen molar-refractivity contribution in [2.75, 3.05) is 6.54 Å². The molecular weight excluding hydrogens is 259 g/mol. The van der Waals surface area contributed by atoms with Crippen molar-refractivity contribution < 1.29 is 4.39 Å². The van der Waals surface area contributed by atoms with Crippen LogP contribution >= 0.6 is 11.3 Å². The van der Waals surface area contributed by atoms with Gasteiger partial charge in [0.1, 0.15) is 5.82 Å². The Hall–Kier alpha value is -1.26. The van der Waals surface area contributed by atoms with Gasteiger partial charge in [0.15, 0.2) is 0 Å². The van der Waals surface area contributed by atoms with Gasteiger partial charge in [-0.25, -0.2) is 9.37 Å². The van der Waals surface area contributed by atoms with Crippen molar-refractivity contribution in [1.82, 2.24) is 10.3 Å². The minimum atomic E-state index is -0.146. The van der Waals surface area contributed by atoms with Crippen LogP contribution in [-0.2, 0) is 6.42 Å². The summed E-state index contributed by atoms with van der Waals surface area (Å²) < 4.78 is 13.4. The van der Waals surface area contributed by atoms with Gasteiger partial charge in [0.05, 0.1) is 5.01 Å². The normalized spacial score (nSPS) is 12.6. The van der Waals surface area contributed by atoms with Gasteiger partial charge in [-0.3, -0.25) is 0 Å². The number of hydrogen-bond acceptors (Lipinski definition) is 3. The van der Waals surface area contributed by atoms with E-state index in [1.165, 1.54) is 0 Å². The average Bonchev–Trinajstić information content (AvgIpc) is 2.91. The minimum absolute atomic E-state index is 0.146. The molecule has 0 aliphatic heterocycles. The summed E-state index contributed by atoms with van der Waals surface area (Å²) in [6.45, 7) is 4.90. The summed E-state index contributed by atoms with van der Waals surface area (Å²) in [6.07, 6.45) is 3.75. The Morgan fingerprint density at radius 3 is 2.89 bits per heavy atom. The molecule has 2 nitrogen and oxygen atoms in total. The molecular formula is C15H19FN2S. The van der Waals surface area contributed by atoms with E-state index in [9.17, 15) is 4.39 Å². The Bertz CT molecular complexity index is 511. The standard InChI is InChI=1S/C15H19FN2S/c1-3-6-17-14(10-15-18-7-8-19-15)12-4-5-13(16)11(2)9-12/h4-5,7-9,14,17H,3,6,10H2,1-2H3. The maximum absolute atomic E-state index is 13.4. The molecule has 1 unspecified atom stereocenters. The maximum atomic E-state index is 13.4. The molecule has 0 bridgehead atoms. The van der Waals surface area contributed by atoms with E-state index in [0.29, 0.717) is 5.56 Å². The molecule has 0 saturated heterocycles. The number of aryl methyl sites for hydroxylation is 1. The van der Waals surface area contributed by atoms with Crippen LogP contribution < -0.4 is 5.32 Å². The largest absolute Gasteiger partial charge is 0.310 e. The zero-order valence-corrected chi connectivity index (χ0v) is 12.1. The Labute approximate surface area is 117 Å². The molecule has 0 fully saturated rings. The summed E-state index contributed by atoms with van der Waals surface area (Å²) in [5.41, 5.74) is 1.82. The second kappa shape index (κ2) is 6.78. The summed E-state index contributed by atoms with van der Waals surface area (Å²) >= 11 is 1.66. The first-order valence-electron chi connectivity index (χ1n) is 6.58. The number of rotatable bonds is 6. The second-order valence-electron chi connectivity index (χ2n) is 4.65. The smallest absolute Gasteiger partial charge is 0.126 e. The molecule has 2 rings (SSSR count). The molecule has 0 radical (unpaired) electrons. The van der Waals surface area contributed by atoms with E-state index in [4.69, 9.17) is 0 Å². The molecule has 0 amide bonds.